The maximum atomic E-state index is 11.9. The molecule has 0 aliphatic carbocycles. The summed E-state index contributed by atoms with van der Waals surface area (Å²) >= 11 is 5.47. The van der Waals surface area contributed by atoms with Gasteiger partial charge in [0, 0.05) is 24.5 Å². The Hall–Kier alpha value is -2.60. The van der Waals surface area contributed by atoms with E-state index in [-0.39, 0.29) is 12.0 Å². The van der Waals surface area contributed by atoms with Crippen LogP contribution in [-0.2, 0) is 4.74 Å². The average Bonchev–Trinajstić information content (AvgIpc) is 2.74. The van der Waals surface area contributed by atoms with E-state index in [9.17, 15) is 4.79 Å². The molecule has 1 heterocycles. The van der Waals surface area contributed by atoms with Crippen LogP contribution in [0.3, 0.4) is 0 Å². The molecule has 1 unspecified atom stereocenters. The summed E-state index contributed by atoms with van der Waals surface area (Å²) in [6, 6.07) is 15.9. The summed E-state index contributed by atoms with van der Waals surface area (Å²) in [5, 5.41) is 6.98. The van der Waals surface area contributed by atoms with Crippen LogP contribution in [0.25, 0.3) is 0 Å². The fourth-order valence-corrected chi connectivity index (χ4v) is 3.92. The lowest BCUT2D eigenvalue weighted by atomic mass is 9.98. The van der Waals surface area contributed by atoms with Crippen LogP contribution < -0.4 is 15.5 Å². The normalized spacial score (nSPS) is 15.4. The summed E-state index contributed by atoms with van der Waals surface area (Å²) in [4.78, 5) is 14.4. The number of hydrogen-bond donors (Lipinski definition) is 2. The lowest BCUT2D eigenvalue weighted by Gasteiger charge is -2.32. The van der Waals surface area contributed by atoms with Crippen molar-refractivity contribution in [3.8, 4) is 0 Å². The molecule has 0 aromatic heterocycles. The summed E-state index contributed by atoms with van der Waals surface area (Å²) < 4.78 is 5.05. The zero-order valence-corrected chi connectivity index (χ0v) is 18.8. The number of piperidine rings is 1. The van der Waals surface area contributed by atoms with Gasteiger partial charge in [0.1, 0.15) is 0 Å². The molecule has 0 spiro atoms. The molecule has 1 saturated heterocycles. The smallest absolute Gasteiger partial charge is 0.338 e. The zero-order valence-electron chi connectivity index (χ0n) is 18.0. The summed E-state index contributed by atoms with van der Waals surface area (Å²) in [6.07, 6.45) is 2.52. The van der Waals surface area contributed by atoms with E-state index in [0.29, 0.717) is 17.3 Å². The van der Waals surface area contributed by atoms with Crippen LogP contribution in [0, 0.1) is 5.92 Å². The second kappa shape index (κ2) is 10.4. The van der Waals surface area contributed by atoms with Crippen LogP contribution in [-0.4, -0.2) is 30.8 Å². The van der Waals surface area contributed by atoms with Crippen molar-refractivity contribution < 1.29 is 9.53 Å². The van der Waals surface area contributed by atoms with Crippen molar-refractivity contribution in [3.05, 3.63) is 59.7 Å². The SMILES string of the molecule is CCOC(=O)c1cccc(NC(=S)NC(C)c2ccc(N3CCC(C)CC3)cc2)c1. The van der Waals surface area contributed by atoms with Crippen LogP contribution in [0.4, 0.5) is 11.4 Å². The fourth-order valence-electron chi connectivity index (χ4n) is 3.63. The fraction of sp³-hybridized carbons (Fsp3) is 0.417. The third-order valence-electron chi connectivity index (χ3n) is 5.52. The average molecular weight is 426 g/mol. The molecule has 5 nitrogen and oxygen atoms in total. The molecule has 0 amide bonds. The number of anilines is 2. The van der Waals surface area contributed by atoms with Crippen molar-refractivity contribution in [2.75, 3.05) is 29.9 Å². The molecule has 6 heteroatoms. The Balaban J connectivity index is 1.55. The van der Waals surface area contributed by atoms with Gasteiger partial charge in [0.2, 0.25) is 0 Å². The molecule has 3 rings (SSSR count). The predicted octanol–water partition coefficient (Wildman–Crippen LogP) is 5.15. The second-order valence-electron chi connectivity index (χ2n) is 7.88. The van der Waals surface area contributed by atoms with E-state index in [2.05, 4.69) is 53.6 Å². The van der Waals surface area contributed by atoms with E-state index in [1.807, 2.05) is 6.07 Å². The largest absolute Gasteiger partial charge is 0.462 e. The third-order valence-corrected chi connectivity index (χ3v) is 5.74. The van der Waals surface area contributed by atoms with E-state index in [1.54, 1.807) is 25.1 Å². The van der Waals surface area contributed by atoms with E-state index in [0.717, 1.165) is 24.7 Å². The van der Waals surface area contributed by atoms with Crippen LogP contribution in [0.5, 0.6) is 0 Å². The number of esters is 1. The summed E-state index contributed by atoms with van der Waals surface area (Å²) in [7, 11) is 0. The van der Waals surface area contributed by atoms with Gasteiger partial charge in [-0.3, -0.25) is 0 Å². The predicted molar refractivity (Wildman–Crippen MR) is 127 cm³/mol. The van der Waals surface area contributed by atoms with Gasteiger partial charge in [0.25, 0.3) is 0 Å². The van der Waals surface area contributed by atoms with Gasteiger partial charge >= 0.3 is 5.97 Å². The number of nitrogens with zero attached hydrogens (tertiary/aromatic N) is 1. The van der Waals surface area contributed by atoms with Crippen molar-refractivity contribution in [1.29, 1.82) is 0 Å². The maximum absolute atomic E-state index is 11.9. The van der Waals surface area contributed by atoms with Crippen LogP contribution in [0.15, 0.2) is 48.5 Å². The molecule has 1 fully saturated rings. The Kier molecular flexibility index (Phi) is 7.69. The number of rotatable bonds is 6. The van der Waals surface area contributed by atoms with Gasteiger partial charge in [-0.2, -0.15) is 0 Å². The quantitative estimate of drug-likeness (QED) is 0.493. The molecule has 0 saturated carbocycles. The minimum atomic E-state index is -0.336. The van der Waals surface area contributed by atoms with Crippen molar-refractivity contribution in [1.82, 2.24) is 5.32 Å². The number of hydrogen-bond acceptors (Lipinski definition) is 4. The number of thiocarbonyl (C=S) groups is 1. The van der Waals surface area contributed by atoms with Gasteiger partial charge in [-0.05, 0) is 80.7 Å². The first-order valence-electron chi connectivity index (χ1n) is 10.7. The van der Waals surface area contributed by atoms with Crippen molar-refractivity contribution >= 4 is 34.7 Å². The molecule has 2 aromatic rings. The number of ether oxygens (including phenoxy) is 1. The highest BCUT2D eigenvalue weighted by Gasteiger charge is 2.16. The molecule has 0 radical (unpaired) electrons. The minimum Gasteiger partial charge on any atom is -0.462 e. The minimum absolute atomic E-state index is 0.0636. The Morgan fingerprint density at radius 2 is 1.90 bits per heavy atom. The van der Waals surface area contributed by atoms with Gasteiger partial charge < -0.3 is 20.3 Å². The molecule has 1 aliphatic heterocycles. The summed E-state index contributed by atoms with van der Waals surface area (Å²) in [5.74, 6) is 0.493. The van der Waals surface area contributed by atoms with Gasteiger partial charge in [0.05, 0.1) is 18.2 Å². The highest BCUT2D eigenvalue weighted by molar-refractivity contribution is 7.80. The topological polar surface area (TPSA) is 53.6 Å². The van der Waals surface area contributed by atoms with E-state index in [4.69, 9.17) is 17.0 Å². The van der Waals surface area contributed by atoms with E-state index in [1.165, 1.54) is 24.1 Å². The second-order valence-corrected chi connectivity index (χ2v) is 8.29. The van der Waals surface area contributed by atoms with Crippen LogP contribution >= 0.6 is 12.2 Å². The summed E-state index contributed by atoms with van der Waals surface area (Å²) in [6.45, 7) is 8.82. The first-order valence-corrected chi connectivity index (χ1v) is 11.1. The van der Waals surface area contributed by atoms with Crippen LogP contribution in [0.1, 0.15) is 55.6 Å². The molecule has 30 heavy (non-hydrogen) atoms. The lowest BCUT2D eigenvalue weighted by Crippen LogP contribution is -2.33. The van der Waals surface area contributed by atoms with Gasteiger partial charge in [-0.1, -0.05) is 25.1 Å². The van der Waals surface area contributed by atoms with Gasteiger partial charge in [-0.15, -0.1) is 0 Å². The highest BCUT2D eigenvalue weighted by atomic mass is 32.1. The lowest BCUT2D eigenvalue weighted by molar-refractivity contribution is 0.0526. The molecular weight excluding hydrogens is 394 g/mol. The number of nitrogens with one attached hydrogen (secondary N) is 2. The third kappa shape index (κ3) is 5.95. The van der Waals surface area contributed by atoms with Crippen LogP contribution in [0.2, 0.25) is 0 Å². The van der Waals surface area contributed by atoms with E-state index >= 15 is 0 Å². The zero-order chi connectivity index (χ0) is 21.5. The van der Waals surface area contributed by atoms with Crippen molar-refractivity contribution in [2.24, 2.45) is 5.92 Å². The number of carbonyl (C=O) groups excluding carboxylic acids is 1. The monoisotopic (exact) mass is 425 g/mol. The number of carbonyl (C=O) groups is 1. The molecule has 1 atom stereocenters. The molecule has 2 N–H and O–H groups in total. The number of benzene rings is 2. The van der Waals surface area contributed by atoms with Crippen molar-refractivity contribution in [3.63, 3.8) is 0 Å². The maximum Gasteiger partial charge on any atom is 0.338 e. The molecule has 2 aromatic carbocycles. The Labute approximate surface area is 184 Å². The molecule has 1 aliphatic rings. The van der Waals surface area contributed by atoms with Gasteiger partial charge in [-0.25, -0.2) is 4.79 Å². The Morgan fingerprint density at radius 3 is 2.57 bits per heavy atom. The molecule has 160 valence electrons. The van der Waals surface area contributed by atoms with Gasteiger partial charge in [0.15, 0.2) is 5.11 Å². The first-order chi connectivity index (χ1) is 14.5. The highest BCUT2D eigenvalue weighted by Crippen LogP contribution is 2.24. The standard InChI is InChI=1S/C24H31N3O2S/c1-4-29-23(28)20-6-5-7-21(16-20)26-24(30)25-18(3)19-8-10-22(11-9-19)27-14-12-17(2)13-15-27/h5-11,16-18H,4,12-15H2,1-3H3,(H2,25,26,30). The molecule has 0 bridgehead atoms. The molecular formula is C24H31N3O2S. The Bertz CT molecular complexity index is 861. The Morgan fingerprint density at radius 1 is 1.20 bits per heavy atom. The first kappa shape index (κ1) is 22.1. The van der Waals surface area contributed by atoms with Crippen molar-refractivity contribution in [2.45, 2.75) is 39.7 Å². The summed E-state index contributed by atoms with van der Waals surface area (Å²) in [5.41, 5.74) is 3.71. The van der Waals surface area contributed by atoms with E-state index < -0.39 is 0 Å².